The van der Waals surface area contributed by atoms with E-state index < -0.39 is 0 Å². The Morgan fingerprint density at radius 3 is 2.26 bits per heavy atom. The molecule has 0 spiro atoms. The summed E-state index contributed by atoms with van der Waals surface area (Å²) in [6.07, 6.45) is 10.3. The maximum absolute atomic E-state index is 5.63. The van der Waals surface area contributed by atoms with Gasteiger partial charge < -0.3 is 14.5 Å². The van der Waals surface area contributed by atoms with Crippen LogP contribution in [0.25, 0.3) is 5.57 Å². The highest BCUT2D eigenvalue weighted by atomic mass is 16.5. The number of benzene rings is 1. The van der Waals surface area contributed by atoms with Gasteiger partial charge in [-0.3, -0.25) is 4.90 Å². The first kappa shape index (κ1) is 25.6. The highest BCUT2D eigenvalue weighted by molar-refractivity contribution is 5.81. The lowest BCUT2D eigenvalue weighted by atomic mass is 9.65. The van der Waals surface area contributed by atoms with E-state index in [1.807, 2.05) is 7.11 Å². The van der Waals surface area contributed by atoms with E-state index in [2.05, 4.69) is 73.6 Å². The zero-order chi connectivity index (χ0) is 24.3. The lowest BCUT2D eigenvalue weighted by Crippen LogP contribution is -2.47. The van der Waals surface area contributed by atoms with Crippen LogP contribution < -0.4 is 9.80 Å². The van der Waals surface area contributed by atoms with Crippen molar-refractivity contribution in [1.29, 1.82) is 0 Å². The van der Waals surface area contributed by atoms with Gasteiger partial charge in [-0.15, -0.1) is 0 Å². The Morgan fingerprint density at radius 1 is 0.941 bits per heavy atom. The third kappa shape index (κ3) is 6.18. The minimum Gasteiger partial charge on any atom is -0.381 e. The number of methoxy groups -OCH3 is 1. The van der Waals surface area contributed by atoms with E-state index in [4.69, 9.17) is 4.74 Å². The van der Waals surface area contributed by atoms with Crippen molar-refractivity contribution in [1.82, 2.24) is 4.90 Å². The topological polar surface area (TPSA) is 19.0 Å². The summed E-state index contributed by atoms with van der Waals surface area (Å²) >= 11 is 0. The summed E-state index contributed by atoms with van der Waals surface area (Å²) in [5.74, 6) is 0. The summed E-state index contributed by atoms with van der Waals surface area (Å²) in [7, 11) is 1.86. The number of hydrogen-bond acceptors (Lipinski definition) is 4. The van der Waals surface area contributed by atoms with Crippen molar-refractivity contribution in [2.45, 2.75) is 79.2 Å². The van der Waals surface area contributed by atoms with Crippen molar-refractivity contribution in [3.05, 3.63) is 29.8 Å². The van der Waals surface area contributed by atoms with Crippen molar-refractivity contribution >= 4 is 16.9 Å². The zero-order valence-corrected chi connectivity index (χ0v) is 22.8. The Bertz CT molecular complexity index is 843. The van der Waals surface area contributed by atoms with E-state index in [0.717, 1.165) is 45.4 Å². The summed E-state index contributed by atoms with van der Waals surface area (Å²) in [4.78, 5) is 7.89. The molecule has 0 amide bonds. The fourth-order valence-corrected chi connectivity index (χ4v) is 6.76. The fraction of sp³-hybridized carbons (Fsp3) is 0.733. The van der Waals surface area contributed by atoms with Crippen LogP contribution in [0.4, 0.5) is 11.4 Å². The standard InChI is InChI=1S/C30H49N3O/c1-7-8-13-31-16-18-33(19-17-31)28-10-9-25(32-14-11-26(34-6)12-15-32)20-27(28)24-21-29(2,3)23-30(4,5)22-24/h9-10,20-21,26H,7-8,11-19,22-23H2,1-6H3. The number of anilines is 2. The average Bonchev–Trinajstić information content (AvgIpc) is 2.81. The molecule has 1 aromatic rings. The molecule has 2 heterocycles. The highest BCUT2D eigenvalue weighted by Crippen LogP contribution is 2.49. The van der Waals surface area contributed by atoms with Gasteiger partial charge in [0.25, 0.3) is 0 Å². The Hall–Kier alpha value is -1.52. The summed E-state index contributed by atoms with van der Waals surface area (Å²) in [6, 6.07) is 7.34. The summed E-state index contributed by atoms with van der Waals surface area (Å²) in [6.45, 7) is 20.1. The molecule has 4 nitrogen and oxygen atoms in total. The molecule has 0 aromatic heterocycles. The van der Waals surface area contributed by atoms with Crippen LogP contribution >= 0.6 is 0 Å². The van der Waals surface area contributed by atoms with Crippen molar-refractivity contribution < 1.29 is 4.74 Å². The second-order valence-corrected chi connectivity index (χ2v) is 12.5. The largest absolute Gasteiger partial charge is 0.381 e. The molecule has 190 valence electrons. The van der Waals surface area contributed by atoms with Gasteiger partial charge in [0, 0.05) is 63.3 Å². The van der Waals surface area contributed by atoms with Crippen molar-refractivity contribution in [2.75, 3.05) is 62.7 Å². The van der Waals surface area contributed by atoms with Crippen LogP contribution in [0.2, 0.25) is 0 Å². The normalized spacial score (nSPS) is 23.8. The SMILES string of the molecule is CCCCN1CCN(c2ccc(N3CCC(OC)CC3)cc2C2=CC(C)(C)CC(C)(C)C2)CC1. The minimum absolute atomic E-state index is 0.236. The van der Waals surface area contributed by atoms with Crippen LogP contribution in [0.5, 0.6) is 0 Å². The van der Waals surface area contributed by atoms with Crippen molar-refractivity contribution in [2.24, 2.45) is 10.8 Å². The van der Waals surface area contributed by atoms with Crippen LogP contribution in [0.3, 0.4) is 0 Å². The van der Waals surface area contributed by atoms with Crippen LogP contribution in [-0.4, -0.2) is 63.9 Å². The van der Waals surface area contributed by atoms with Gasteiger partial charge in [-0.2, -0.15) is 0 Å². The second-order valence-electron chi connectivity index (χ2n) is 12.5. The number of unbranched alkanes of at least 4 members (excludes halogenated alkanes) is 1. The van der Waals surface area contributed by atoms with E-state index in [1.165, 1.54) is 55.8 Å². The lowest BCUT2D eigenvalue weighted by Gasteiger charge is -2.42. The molecular formula is C30H49N3O. The van der Waals surface area contributed by atoms with Gasteiger partial charge in [-0.25, -0.2) is 0 Å². The molecule has 2 fully saturated rings. The number of piperazine rings is 1. The zero-order valence-electron chi connectivity index (χ0n) is 22.8. The molecule has 0 unspecified atom stereocenters. The van der Waals surface area contributed by atoms with Crippen molar-refractivity contribution in [3.63, 3.8) is 0 Å². The summed E-state index contributed by atoms with van der Waals surface area (Å²) < 4.78 is 5.63. The van der Waals surface area contributed by atoms with Gasteiger partial charge >= 0.3 is 0 Å². The molecule has 0 N–H and O–H groups in total. The molecule has 4 heteroatoms. The Balaban J connectivity index is 1.63. The first-order valence-corrected chi connectivity index (χ1v) is 13.8. The number of piperidine rings is 1. The van der Waals surface area contributed by atoms with Gasteiger partial charge in [-0.1, -0.05) is 47.1 Å². The van der Waals surface area contributed by atoms with Gasteiger partial charge in [0.15, 0.2) is 0 Å². The first-order chi connectivity index (χ1) is 16.2. The number of ether oxygens (including phenoxy) is 1. The number of allylic oxidation sites excluding steroid dienone is 2. The molecule has 2 saturated heterocycles. The summed E-state index contributed by atoms with van der Waals surface area (Å²) in [5.41, 5.74) is 6.44. The maximum Gasteiger partial charge on any atom is 0.0605 e. The molecule has 2 aliphatic heterocycles. The van der Waals surface area contributed by atoms with Crippen LogP contribution in [0.15, 0.2) is 24.3 Å². The molecule has 0 radical (unpaired) electrons. The molecule has 34 heavy (non-hydrogen) atoms. The monoisotopic (exact) mass is 467 g/mol. The second kappa shape index (κ2) is 10.6. The molecule has 0 bridgehead atoms. The van der Waals surface area contributed by atoms with E-state index >= 15 is 0 Å². The number of rotatable bonds is 7. The fourth-order valence-electron chi connectivity index (χ4n) is 6.76. The number of hydrogen-bond donors (Lipinski definition) is 0. The van der Waals surface area contributed by atoms with Gasteiger partial charge in [0.05, 0.1) is 6.10 Å². The van der Waals surface area contributed by atoms with Crippen LogP contribution in [-0.2, 0) is 4.74 Å². The first-order valence-electron chi connectivity index (χ1n) is 13.8. The quantitative estimate of drug-likeness (QED) is 0.458. The summed E-state index contributed by atoms with van der Waals surface area (Å²) in [5, 5.41) is 0. The van der Waals surface area contributed by atoms with E-state index in [1.54, 1.807) is 5.57 Å². The maximum atomic E-state index is 5.63. The van der Waals surface area contributed by atoms with Gasteiger partial charge in [0.1, 0.15) is 0 Å². The predicted octanol–water partition coefficient (Wildman–Crippen LogP) is 6.45. The Morgan fingerprint density at radius 2 is 1.65 bits per heavy atom. The smallest absolute Gasteiger partial charge is 0.0605 e. The third-order valence-electron chi connectivity index (χ3n) is 8.18. The van der Waals surface area contributed by atoms with Crippen LogP contribution in [0, 0.1) is 10.8 Å². The van der Waals surface area contributed by atoms with Gasteiger partial charge in [0.2, 0.25) is 0 Å². The average molecular weight is 468 g/mol. The Kier molecular flexibility index (Phi) is 7.99. The molecule has 3 aliphatic rings. The van der Waals surface area contributed by atoms with Gasteiger partial charge in [-0.05, 0) is 73.3 Å². The Labute approximate surface area is 209 Å². The highest BCUT2D eigenvalue weighted by Gasteiger charge is 2.35. The van der Waals surface area contributed by atoms with E-state index in [0.29, 0.717) is 11.5 Å². The van der Waals surface area contributed by atoms with E-state index in [-0.39, 0.29) is 5.41 Å². The minimum atomic E-state index is 0.236. The lowest BCUT2D eigenvalue weighted by molar-refractivity contribution is 0.0819. The molecule has 0 saturated carbocycles. The van der Waals surface area contributed by atoms with Crippen molar-refractivity contribution in [3.8, 4) is 0 Å². The molecule has 1 aromatic carbocycles. The molecule has 4 rings (SSSR count). The molecule has 0 atom stereocenters. The molecular weight excluding hydrogens is 418 g/mol. The predicted molar refractivity (Wildman–Crippen MR) is 147 cm³/mol. The molecule has 1 aliphatic carbocycles. The van der Waals surface area contributed by atoms with Crippen LogP contribution in [0.1, 0.15) is 78.7 Å². The van der Waals surface area contributed by atoms with E-state index in [9.17, 15) is 0 Å². The number of nitrogens with zero attached hydrogens (tertiary/aromatic N) is 3. The third-order valence-corrected chi connectivity index (χ3v) is 8.18.